The molecule has 3 nitrogen and oxygen atoms in total. The molecule has 1 rings (SSSR count). The lowest BCUT2D eigenvalue weighted by molar-refractivity contribution is -0.118. The topological polar surface area (TPSA) is 52.9 Å². The number of anilines is 1. The molecule has 0 bridgehead atoms. The zero-order valence-corrected chi connectivity index (χ0v) is 10.0. The van der Waals surface area contributed by atoms with Gasteiger partial charge < -0.3 is 5.32 Å². The van der Waals surface area contributed by atoms with Gasteiger partial charge in [-0.2, -0.15) is 5.26 Å². The third-order valence-corrected chi connectivity index (χ3v) is 2.78. The predicted octanol–water partition coefficient (Wildman–Crippen LogP) is 2.68. The van der Waals surface area contributed by atoms with Crippen LogP contribution < -0.4 is 5.32 Å². The van der Waals surface area contributed by atoms with Crippen molar-refractivity contribution in [3.8, 4) is 6.07 Å². The fourth-order valence-electron chi connectivity index (χ4n) is 1.25. The molecule has 0 saturated carbocycles. The number of halogens is 1. The van der Waals surface area contributed by atoms with Crippen LogP contribution in [0.4, 0.5) is 5.69 Å². The summed E-state index contributed by atoms with van der Waals surface area (Å²) in [6, 6.07) is 7.43. The maximum atomic E-state index is 11.6. The first-order chi connectivity index (χ1) is 7.60. The fraction of sp³-hybridized carbons (Fsp3) is 0.333. The number of aryl methyl sites for hydroxylation is 1. The van der Waals surface area contributed by atoms with Crippen LogP contribution in [0.25, 0.3) is 0 Å². The van der Waals surface area contributed by atoms with E-state index in [2.05, 4.69) is 11.4 Å². The molecule has 0 heterocycles. The van der Waals surface area contributed by atoms with E-state index in [1.165, 1.54) is 0 Å². The van der Waals surface area contributed by atoms with Crippen LogP contribution in [0, 0.1) is 24.2 Å². The van der Waals surface area contributed by atoms with Crippen LogP contribution >= 0.6 is 11.6 Å². The Morgan fingerprint density at radius 3 is 2.88 bits per heavy atom. The summed E-state index contributed by atoms with van der Waals surface area (Å²) < 4.78 is 0. The summed E-state index contributed by atoms with van der Waals surface area (Å²) in [7, 11) is 0. The van der Waals surface area contributed by atoms with Gasteiger partial charge in [0.25, 0.3) is 0 Å². The highest BCUT2D eigenvalue weighted by Gasteiger charge is 2.13. The fourth-order valence-corrected chi connectivity index (χ4v) is 1.39. The summed E-state index contributed by atoms with van der Waals surface area (Å²) >= 11 is 5.59. The molecule has 0 radical (unpaired) electrons. The summed E-state index contributed by atoms with van der Waals surface area (Å²) in [5.41, 5.74) is 1.89. The molecule has 0 spiro atoms. The number of hydrogen-bond acceptors (Lipinski definition) is 2. The van der Waals surface area contributed by atoms with Crippen LogP contribution in [-0.4, -0.2) is 11.8 Å². The minimum absolute atomic E-state index is 0.169. The monoisotopic (exact) mass is 236 g/mol. The molecule has 0 aromatic heterocycles. The van der Waals surface area contributed by atoms with Gasteiger partial charge in [-0.25, -0.2) is 0 Å². The van der Waals surface area contributed by atoms with E-state index < -0.39 is 0 Å². The quantitative estimate of drug-likeness (QED) is 0.821. The first-order valence-corrected chi connectivity index (χ1v) is 5.50. The van der Waals surface area contributed by atoms with Gasteiger partial charge in [-0.1, -0.05) is 19.1 Å². The summed E-state index contributed by atoms with van der Waals surface area (Å²) in [6.07, 6.45) is 0. The van der Waals surface area contributed by atoms with Crippen LogP contribution in [0.2, 0.25) is 0 Å². The van der Waals surface area contributed by atoms with Crippen molar-refractivity contribution < 1.29 is 4.79 Å². The highest BCUT2D eigenvalue weighted by atomic mass is 35.5. The van der Waals surface area contributed by atoms with E-state index in [4.69, 9.17) is 16.9 Å². The Labute approximate surface area is 100 Å². The average molecular weight is 237 g/mol. The number of carbonyl (C=O) groups is 1. The lowest BCUT2D eigenvalue weighted by Crippen LogP contribution is -2.22. The second-order valence-electron chi connectivity index (χ2n) is 3.65. The Balaban J connectivity index is 2.94. The van der Waals surface area contributed by atoms with Crippen molar-refractivity contribution in [1.29, 1.82) is 5.26 Å². The number of nitrogens with one attached hydrogen (secondary N) is 1. The molecule has 0 fully saturated rings. The van der Waals surface area contributed by atoms with E-state index in [1.54, 1.807) is 19.1 Å². The Morgan fingerprint density at radius 2 is 2.31 bits per heavy atom. The van der Waals surface area contributed by atoms with Gasteiger partial charge in [0, 0.05) is 11.8 Å². The summed E-state index contributed by atoms with van der Waals surface area (Å²) in [4.78, 5) is 11.6. The van der Waals surface area contributed by atoms with Crippen LogP contribution in [0.5, 0.6) is 0 Å². The van der Waals surface area contributed by atoms with Gasteiger partial charge in [0.1, 0.15) is 6.07 Å². The van der Waals surface area contributed by atoms with Gasteiger partial charge in [0.05, 0.1) is 11.3 Å². The standard InChI is InChI=1S/C12H13ClN2O/c1-8-4-3-5-11(10(8)7-14)15-12(16)9(2)6-13/h3-5,9H,6H2,1-2H3,(H,15,16). The molecular weight excluding hydrogens is 224 g/mol. The molecule has 0 aliphatic carbocycles. The third-order valence-electron chi connectivity index (χ3n) is 2.32. The lowest BCUT2D eigenvalue weighted by atomic mass is 10.1. The number of benzene rings is 1. The molecule has 1 aromatic carbocycles. The second kappa shape index (κ2) is 5.53. The highest BCUT2D eigenvalue weighted by molar-refractivity contribution is 6.19. The maximum Gasteiger partial charge on any atom is 0.228 e. The summed E-state index contributed by atoms with van der Waals surface area (Å²) in [5.74, 6) is -0.176. The molecule has 1 N–H and O–H groups in total. The first kappa shape index (κ1) is 12.5. The molecule has 0 saturated heterocycles. The largest absolute Gasteiger partial charge is 0.325 e. The van der Waals surface area contributed by atoms with E-state index in [0.29, 0.717) is 11.3 Å². The van der Waals surface area contributed by atoms with E-state index in [-0.39, 0.29) is 17.7 Å². The molecule has 1 amide bonds. The van der Waals surface area contributed by atoms with Crippen LogP contribution in [0.1, 0.15) is 18.1 Å². The maximum absolute atomic E-state index is 11.6. The Kier molecular flexibility index (Phi) is 4.33. The molecule has 4 heteroatoms. The van der Waals surface area contributed by atoms with E-state index in [0.717, 1.165) is 5.56 Å². The van der Waals surface area contributed by atoms with Crippen molar-refractivity contribution in [3.05, 3.63) is 29.3 Å². The molecule has 1 unspecified atom stereocenters. The van der Waals surface area contributed by atoms with Crippen LogP contribution in [0.3, 0.4) is 0 Å². The zero-order valence-electron chi connectivity index (χ0n) is 9.25. The van der Waals surface area contributed by atoms with Gasteiger partial charge in [0.2, 0.25) is 5.91 Å². The number of nitrogens with zero attached hydrogens (tertiary/aromatic N) is 1. The van der Waals surface area contributed by atoms with Gasteiger partial charge in [-0.05, 0) is 18.6 Å². The Morgan fingerprint density at radius 1 is 1.62 bits per heavy atom. The predicted molar refractivity (Wildman–Crippen MR) is 64.4 cm³/mol. The third kappa shape index (κ3) is 2.74. The lowest BCUT2D eigenvalue weighted by Gasteiger charge is -2.11. The van der Waals surface area contributed by atoms with Crippen molar-refractivity contribution in [2.24, 2.45) is 5.92 Å². The van der Waals surface area contributed by atoms with E-state index in [1.807, 2.05) is 13.0 Å². The summed E-state index contributed by atoms with van der Waals surface area (Å²) in [5, 5.41) is 11.7. The van der Waals surface area contributed by atoms with E-state index in [9.17, 15) is 4.79 Å². The molecule has 1 aromatic rings. The number of alkyl halides is 1. The molecular formula is C12H13ClN2O. The molecule has 84 valence electrons. The minimum atomic E-state index is -0.270. The molecule has 16 heavy (non-hydrogen) atoms. The Bertz CT molecular complexity index is 437. The number of carbonyl (C=O) groups excluding carboxylic acids is 1. The van der Waals surface area contributed by atoms with Crippen molar-refractivity contribution >= 4 is 23.2 Å². The van der Waals surface area contributed by atoms with Crippen LogP contribution in [0.15, 0.2) is 18.2 Å². The number of amides is 1. The first-order valence-electron chi connectivity index (χ1n) is 4.96. The number of hydrogen-bond donors (Lipinski definition) is 1. The van der Waals surface area contributed by atoms with Gasteiger partial charge >= 0.3 is 0 Å². The normalized spacial score (nSPS) is 11.6. The average Bonchev–Trinajstić information content (AvgIpc) is 2.28. The van der Waals surface area contributed by atoms with E-state index >= 15 is 0 Å². The van der Waals surface area contributed by atoms with Crippen molar-refractivity contribution in [2.75, 3.05) is 11.2 Å². The zero-order chi connectivity index (χ0) is 12.1. The molecule has 0 aliphatic rings. The smallest absolute Gasteiger partial charge is 0.228 e. The van der Waals surface area contributed by atoms with Crippen LogP contribution in [-0.2, 0) is 4.79 Å². The van der Waals surface area contributed by atoms with Gasteiger partial charge in [0.15, 0.2) is 0 Å². The highest BCUT2D eigenvalue weighted by Crippen LogP contribution is 2.19. The van der Waals surface area contributed by atoms with Gasteiger partial charge in [-0.3, -0.25) is 4.79 Å². The summed E-state index contributed by atoms with van der Waals surface area (Å²) in [6.45, 7) is 3.57. The van der Waals surface area contributed by atoms with Gasteiger partial charge in [-0.15, -0.1) is 11.6 Å². The molecule has 0 aliphatic heterocycles. The number of rotatable bonds is 3. The van der Waals surface area contributed by atoms with Crippen molar-refractivity contribution in [1.82, 2.24) is 0 Å². The van der Waals surface area contributed by atoms with Crippen molar-refractivity contribution in [2.45, 2.75) is 13.8 Å². The molecule has 1 atom stereocenters. The van der Waals surface area contributed by atoms with Crippen molar-refractivity contribution in [3.63, 3.8) is 0 Å². The second-order valence-corrected chi connectivity index (χ2v) is 3.96. The SMILES string of the molecule is Cc1cccc(NC(=O)C(C)CCl)c1C#N. The minimum Gasteiger partial charge on any atom is -0.325 e. The number of nitriles is 1. The Hall–Kier alpha value is -1.53.